The zero-order valence-electron chi connectivity index (χ0n) is 7.74. The molecule has 1 aliphatic carbocycles. The zero-order valence-corrected chi connectivity index (χ0v) is 7.74. The van der Waals surface area contributed by atoms with Crippen molar-refractivity contribution in [2.45, 2.75) is 19.8 Å². The number of nitrogens with zero attached hydrogens (tertiary/aromatic N) is 1. The molecule has 2 rings (SSSR count). The van der Waals surface area contributed by atoms with Crippen molar-refractivity contribution in [3.05, 3.63) is 37.8 Å². The van der Waals surface area contributed by atoms with Crippen molar-refractivity contribution in [1.29, 1.82) is 0 Å². The Morgan fingerprint density at radius 2 is 2.29 bits per heavy atom. The number of fused-ring (bicyclic) bond motifs is 1. The highest BCUT2D eigenvalue weighted by molar-refractivity contribution is 5.37. The molecule has 5 heteroatoms. The summed E-state index contributed by atoms with van der Waals surface area (Å²) in [4.78, 5) is 24.3. The molecule has 1 heterocycles. The summed E-state index contributed by atoms with van der Waals surface area (Å²) in [6, 6.07) is 0. The van der Waals surface area contributed by atoms with E-state index < -0.39 is 10.4 Å². The molecular formula is C9H10N2O3. The first-order valence-corrected chi connectivity index (χ1v) is 4.47. The minimum Gasteiger partial charge on any atom is -0.359 e. The SMILES string of the molecule is CC1Cc2[nH]cc([N+](=O)[O-])c(=O)c2C1. The Morgan fingerprint density at radius 3 is 2.93 bits per heavy atom. The van der Waals surface area contributed by atoms with Crippen LogP contribution in [0.2, 0.25) is 0 Å². The van der Waals surface area contributed by atoms with Crippen LogP contribution in [0.3, 0.4) is 0 Å². The highest BCUT2D eigenvalue weighted by atomic mass is 16.6. The van der Waals surface area contributed by atoms with Crippen LogP contribution in [0.1, 0.15) is 18.2 Å². The number of nitrogens with one attached hydrogen (secondary N) is 1. The number of rotatable bonds is 1. The minimum absolute atomic E-state index is 0.349. The lowest BCUT2D eigenvalue weighted by molar-refractivity contribution is -0.386. The molecule has 0 fully saturated rings. The van der Waals surface area contributed by atoms with Gasteiger partial charge in [0.15, 0.2) is 0 Å². The van der Waals surface area contributed by atoms with Gasteiger partial charge in [0.25, 0.3) is 5.43 Å². The predicted molar refractivity (Wildman–Crippen MR) is 50.3 cm³/mol. The lowest BCUT2D eigenvalue weighted by Crippen LogP contribution is -2.14. The van der Waals surface area contributed by atoms with E-state index in [1.165, 1.54) is 6.20 Å². The summed E-state index contributed by atoms with van der Waals surface area (Å²) in [5, 5.41) is 10.5. The zero-order chi connectivity index (χ0) is 10.3. The third kappa shape index (κ3) is 1.21. The van der Waals surface area contributed by atoms with Gasteiger partial charge in [0.1, 0.15) is 0 Å². The van der Waals surface area contributed by atoms with Gasteiger partial charge in [-0.3, -0.25) is 14.9 Å². The molecule has 1 aromatic heterocycles. The number of nitro groups is 1. The van der Waals surface area contributed by atoms with E-state index in [0.717, 1.165) is 12.1 Å². The van der Waals surface area contributed by atoms with Gasteiger partial charge in [-0.05, 0) is 18.8 Å². The van der Waals surface area contributed by atoms with Gasteiger partial charge in [0, 0.05) is 11.3 Å². The standard InChI is InChI=1S/C9H10N2O3/c1-5-2-6-7(3-5)10-4-8(9(6)12)11(13)14/h4-5H,2-3H2,1H3,(H,10,12). The molecule has 1 aromatic rings. The van der Waals surface area contributed by atoms with Crippen molar-refractivity contribution in [2.75, 3.05) is 0 Å². The summed E-state index contributed by atoms with van der Waals surface area (Å²) < 4.78 is 0. The number of pyridine rings is 1. The van der Waals surface area contributed by atoms with Crippen molar-refractivity contribution in [3.63, 3.8) is 0 Å². The van der Waals surface area contributed by atoms with Crippen LogP contribution in [-0.4, -0.2) is 9.91 Å². The molecule has 14 heavy (non-hydrogen) atoms. The summed E-state index contributed by atoms with van der Waals surface area (Å²) in [7, 11) is 0. The quantitative estimate of drug-likeness (QED) is 0.535. The number of aromatic nitrogens is 1. The molecule has 74 valence electrons. The van der Waals surface area contributed by atoms with E-state index in [4.69, 9.17) is 0 Å². The Morgan fingerprint density at radius 1 is 1.57 bits per heavy atom. The molecule has 1 unspecified atom stereocenters. The van der Waals surface area contributed by atoms with Crippen molar-refractivity contribution >= 4 is 5.69 Å². The van der Waals surface area contributed by atoms with Crippen LogP contribution in [-0.2, 0) is 12.8 Å². The molecule has 1 aliphatic rings. The van der Waals surface area contributed by atoms with Gasteiger partial charge in [-0.15, -0.1) is 0 Å². The van der Waals surface area contributed by atoms with Crippen molar-refractivity contribution in [3.8, 4) is 0 Å². The molecule has 0 aromatic carbocycles. The Labute approximate surface area is 79.9 Å². The molecule has 0 spiro atoms. The number of hydrogen-bond donors (Lipinski definition) is 1. The lowest BCUT2D eigenvalue weighted by atomic mass is 10.1. The van der Waals surface area contributed by atoms with E-state index in [1.54, 1.807) is 0 Å². The van der Waals surface area contributed by atoms with Crippen LogP contribution in [0.4, 0.5) is 5.69 Å². The first-order chi connectivity index (χ1) is 6.59. The molecule has 0 saturated heterocycles. The van der Waals surface area contributed by atoms with E-state index in [-0.39, 0.29) is 5.69 Å². The first kappa shape index (κ1) is 8.93. The van der Waals surface area contributed by atoms with Gasteiger partial charge in [0.2, 0.25) is 0 Å². The maximum atomic E-state index is 11.6. The Hall–Kier alpha value is -1.65. The average Bonchev–Trinajstić information content (AvgIpc) is 2.46. The van der Waals surface area contributed by atoms with Crippen molar-refractivity contribution in [2.24, 2.45) is 5.92 Å². The Kier molecular flexibility index (Phi) is 1.87. The second-order valence-corrected chi connectivity index (χ2v) is 3.73. The fraction of sp³-hybridized carbons (Fsp3) is 0.444. The second-order valence-electron chi connectivity index (χ2n) is 3.73. The molecule has 0 saturated carbocycles. The molecule has 0 amide bonds. The normalized spacial score (nSPS) is 19.4. The van der Waals surface area contributed by atoms with Crippen molar-refractivity contribution in [1.82, 2.24) is 4.98 Å². The van der Waals surface area contributed by atoms with Gasteiger partial charge in [-0.1, -0.05) is 6.92 Å². The van der Waals surface area contributed by atoms with Gasteiger partial charge in [-0.2, -0.15) is 0 Å². The third-order valence-electron chi connectivity index (χ3n) is 2.56. The fourth-order valence-electron chi connectivity index (χ4n) is 1.90. The molecule has 0 bridgehead atoms. The Balaban J connectivity index is 2.59. The summed E-state index contributed by atoms with van der Waals surface area (Å²) in [5.74, 6) is 0.399. The van der Waals surface area contributed by atoms with E-state index in [2.05, 4.69) is 4.98 Å². The van der Waals surface area contributed by atoms with Gasteiger partial charge < -0.3 is 4.98 Å². The molecule has 0 radical (unpaired) electrons. The van der Waals surface area contributed by atoms with E-state index in [1.807, 2.05) is 6.92 Å². The summed E-state index contributed by atoms with van der Waals surface area (Å²) in [6.07, 6.45) is 2.65. The maximum Gasteiger partial charge on any atom is 0.332 e. The second kappa shape index (κ2) is 2.94. The molecule has 0 aliphatic heterocycles. The van der Waals surface area contributed by atoms with Crippen LogP contribution in [0.15, 0.2) is 11.0 Å². The first-order valence-electron chi connectivity index (χ1n) is 4.47. The van der Waals surface area contributed by atoms with Gasteiger partial charge in [0.05, 0.1) is 11.1 Å². The fourth-order valence-corrected chi connectivity index (χ4v) is 1.90. The van der Waals surface area contributed by atoms with Gasteiger partial charge >= 0.3 is 5.69 Å². The molecule has 5 nitrogen and oxygen atoms in total. The molecular weight excluding hydrogens is 184 g/mol. The van der Waals surface area contributed by atoms with Crippen LogP contribution >= 0.6 is 0 Å². The number of hydrogen-bond acceptors (Lipinski definition) is 3. The molecule has 1 atom stereocenters. The minimum atomic E-state index is -0.637. The van der Waals surface area contributed by atoms with Crippen LogP contribution in [0.25, 0.3) is 0 Å². The monoisotopic (exact) mass is 194 g/mol. The average molecular weight is 194 g/mol. The van der Waals surface area contributed by atoms with E-state index in [0.29, 0.717) is 17.9 Å². The maximum absolute atomic E-state index is 11.6. The van der Waals surface area contributed by atoms with Crippen LogP contribution < -0.4 is 5.43 Å². The smallest absolute Gasteiger partial charge is 0.332 e. The van der Waals surface area contributed by atoms with E-state index in [9.17, 15) is 14.9 Å². The van der Waals surface area contributed by atoms with Crippen molar-refractivity contribution < 1.29 is 4.92 Å². The highest BCUT2D eigenvalue weighted by Crippen LogP contribution is 2.23. The van der Waals surface area contributed by atoms with E-state index >= 15 is 0 Å². The summed E-state index contributed by atoms with van der Waals surface area (Å²) >= 11 is 0. The largest absolute Gasteiger partial charge is 0.359 e. The molecule has 1 N–H and O–H groups in total. The predicted octanol–water partition coefficient (Wildman–Crippen LogP) is 1.02. The Bertz CT molecular complexity index is 450. The summed E-state index contributed by atoms with van der Waals surface area (Å²) in [6.45, 7) is 2.03. The van der Waals surface area contributed by atoms with Crippen LogP contribution in [0.5, 0.6) is 0 Å². The lowest BCUT2D eigenvalue weighted by Gasteiger charge is -1.96. The number of H-pyrrole nitrogens is 1. The highest BCUT2D eigenvalue weighted by Gasteiger charge is 2.25. The number of aromatic amines is 1. The third-order valence-corrected chi connectivity index (χ3v) is 2.56. The van der Waals surface area contributed by atoms with Gasteiger partial charge in [-0.25, -0.2) is 0 Å². The summed E-state index contributed by atoms with van der Waals surface area (Å²) in [5.41, 5.74) is 0.672. The topological polar surface area (TPSA) is 76.0 Å². The van der Waals surface area contributed by atoms with Crippen LogP contribution in [0, 0.1) is 16.0 Å².